The third-order valence-corrected chi connectivity index (χ3v) is 1.11. The summed E-state index contributed by atoms with van der Waals surface area (Å²) in [6.45, 7) is 0. The third-order valence-electron chi connectivity index (χ3n) is 0.959. The van der Waals surface area contributed by atoms with Crippen molar-refractivity contribution < 1.29 is 14.3 Å². The van der Waals surface area contributed by atoms with Crippen molar-refractivity contribution in [1.82, 2.24) is 0 Å². The highest BCUT2D eigenvalue weighted by Gasteiger charge is 2.28. The molecule has 1 aliphatic carbocycles. The predicted molar refractivity (Wildman–Crippen MR) is 30.0 cm³/mol. The largest absolute Gasteiger partial charge is 0.456 e. The van der Waals surface area contributed by atoms with Crippen LogP contribution in [0.1, 0.15) is 12.8 Å². The Morgan fingerprint density at radius 3 is 2.33 bits per heavy atom. The molecular weight excluding hydrogens is 144 g/mol. The fraction of sp³-hybridized carbons (Fsp3) is 0.600. The summed E-state index contributed by atoms with van der Waals surface area (Å²) in [4.78, 5) is 20.3. The van der Waals surface area contributed by atoms with E-state index in [9.17, 15) is 9.59 Å². The first-order valence-corrected chi connectivity index (χ1v) is 2.98. The summed E-state index contributed by atoms with van der Waals surface area (Å²) < 4.78 is 4.50. The van der Waals surface area contributed by atoms with Gasteiger partial charge in [-0.3, -0.25) is 4.79 Å². The maximum Gasteiger partial charge on any atom is 0.391 e. The summed E-state index contributed by atoms with van der Waals surface area (Å²) in [6, 6.07) is 0. The fourth-order valence-electron chi connectivity index (χ4n) is 0.384. The lowest BCUT2D eigenvalue weighted by atomic mass is 10.7. The molecule has 9 heavy (non-hydrogen) atoms. The van der Waals surface area contributed by atoms with E-state index in [0.717, 1.165) is 12.8 Å². The quantitative estimate of drug-likeness (QED) is 0.325. The summed E-state index contributed by atoms with van der Waals surface area (Å²) in [5.41, 5.74) is 0. The van der Waals surface area contributed by atoms with Crippen LogP contribution in [-0.2, 0) is 14.3 Å². The van der Waals surface area contributed by atoms with Gasteiger partial charge in [0.1, 0.15) is 6.10 Å². The molecule has 0 radical (unpaired) electrons. The molecule has 0 aliphatic heterocycles. The van der Waals surface area contributed by atoms with Crippen LogP contribution in [0.2, 0.25) is 0 Å². The van der Waals surface area contributed by atoms with E-state index >= 15 is 0 Å². The molecule has 0 amide bonds. The maximum atomic E-state index is 10.3. The Kier molecular flexibility index (Phi) is 1.71. The van der Waals surface area contributed by atoms with Gasteiger partial charge in [0.05, 0.1) is 0 Å². The summed E-state index contributed by atoms with van der Waals surface area (Å²) in [6.07, 6.45) is 1.67. The molecule has 1 rings (SSSR count). The molecular formula is C5H5ClO3. The van der Waals surface area contributed by atoms with Crippen LogP contribution < -0.4 is 0 Å². The zero-order valence-electron chi connectivity index (χ0n) is 4.59. The van der Waals surface area contributed by atoms with Crippen LogP contribution in [0.15, 0.2) is 0 Å². The molecule has 1 fully saturated rings. The van der Waals surface area contributed by atoms with E-state index in [1.165, 1.54) is 0 Å². The van der Waals surface area contributed by atoms with Gasteiger partial charge in [0, 0.05) is 0 Å². The molecule has 0 bridgehead atoms. The molecule has 0 spiro atoms. The van der Waals surface area contributed by atoms with Gasteiger partial charge >= 0.3 is 11.2 Å². The lowest BCUT2D eigenvalue weighted by molar-refractivity contribution is -0.151. The van der Waals surface area contributed by atoms with E-state index in [-0.39, 0.29) is 6.10 Å². The second kappa shape index (κ2) is 2.35. The first kappa shape index (κ1) is 6.55. The molecule has 50 valence electrons. The van der Waals surface area contributed by atoms with Gasteiger partial charge in [-0.15, -0.1) is 0 Å². The van der Waals surface area contributed by atoms with Crippen LogP contribution >= 0.6 is 11.6 Å². The highest BCUT2D eigenvalue weighted by atomic mass is 35.5. The number of rotatable bonds is 2. The van der Waals surface area contributed by atoms with E-state index in [2.05, 4.69) is 4.74 Å². The van der Waals surface area contributed by atoms with E-state index in [1.807, 2.05) is 0 Å². The zero-order valence-corrected chi connectivity index (χ0v) is 5.35. The number of carbonyl (C=O) groups excluding carboxylic acids is 2. The van der Waals surface area contributed by atoms with Crippen LogP contribution in [0.3, 0.4) is 0 Å². The molecule has 0 aromatic carbocycles. The highest BCUT2D eigenvalue weighted by Crippen LogP contribution is 2.23. The molecule has 0 atom stereocenters. The van der Waals surface area contributed by atoms with E-state index < -0.39 is 11.2 Å². The van der Waals surface area contributed by atoms with Crippen molar-refractivity contribution in [3.63, 3.8) is 0 Å². The Labute approximate surface area is 56.9 Å². The Morgan fingerprint density at radius 1 is 1.44 bits per heavy atom. The molecule has 0 aromatic heterocycles. The average Bonchev–Trinajstić information content (AvgIpc) is 2.50. The van der Waals surface area contributed by atoms with Crippen molar-refractivity contribution in [1.29, 1.82) is 0 Å². The van der Waals surface area contributed by atoms with Crippen molar-refractivity contribution >= 4 is 22.8 Å². The van der Waals surface area contributed by atoms with Crippen molar-refractivity contribution in [3.8, 4) is 0 Å². The number of esters is 1. The van der Waals surface area contributed by atoms with E-state index in [4.69, 9.17) is 11.6 Å². The fourth-order valence-corrected chi connectivity index (χ4v) is 0.428. The minimum absolute atomic E-state index is 0.0415. The van der Waals surface area contributed by atoms with Crippen molar-refractivity contribution in [3.05, 3.63) is 0 Å². The summed E-state index contributed by atoms with van der Waals surface area (Å²) >= 11 is 4.79. The van der Waals surface area contributed by atoms with Gasteiger partial charge in [-0.25, -0.2) is 4.79 Å². The van der Waals surface area contributed by atoms with Crippen molar-refractivity contribution in [2.24, 2.45) is 0 Å². The SMILES string of the molecule is O=C(Cl)C(=O)OC1CC1. The summed E-state index contributed by atoms with van der Waals surface area (Å²) in [5.74, 6) is -0.931. The Hall–Kier alpha value is -0.570. The molecule has 3 nitrogen and oxygen atoms in total. The van der Waals surface area contributed by atoms with Crippen molar-refractivity contribution in [2.45, 2.75) is 18.9 Å². The second-order valence-electron chi connectivity index (χ2n) is 1.88. The van der Waals surface area contributed by atoms with E-state index in [0.29, 0.717) is 0 Å². The van der Waals surface area contributed by atoms with Gasteiger partial charge in [-0.05, 0) is 24.4 Å². The van der Waals surface area contributed by atoms with Crippen LogP contribution in [0, 0.1) is 0 Å². The number of halogens is 1. The van der Waals surface area contributed by atoms with Crippen LogP contribution in [-0.4, -0.2) is 17.3 Å². The Balaban J connectivity index is 2.25. The summed E-state index contributed by atoms with van der Waals surface area (Å²) in [7, 11) is 0. The molecule has 1 aliphatic rings. The van der Waals surface area contributed by atoms with Crippen molar-refractivity contribution in [2.75, 3.05) is 0 Å². The normalized spacial score (nSPS) is 17.0. The molecule has 0 N–H and O–H groups in total. The smallest absolute Gasteiger partial charge is 0.391 e. The molecule has 0 unspecified atom stereocenters. The molecule has 0 aromatic rings. The first-order valence-electron chi connectivity index (χ1n) is 2.60. The molecule has 0 heterocycles. The van der Waals surface area contributed by atoms with Gasteiger partial charge in [0.15, 0.2) is 0 Å². The average molecular weight is 149 g/mol. The monoisotopic (exact) mass is 148 g/mol. The predicted octanol–water partition coefficient (Wildman–Crippen LogP) is 0.457. The Morgan fingerprint density at radius 2 is 2.00 bits per heavy atom. The van der Waals surface area contributed by atoms with Gasteiger partial charge in [-0.1, -0.05) is 0 Å². The lowest BCUT2D eigenvalue weighted by Gasteiger charge is -1.94. The Bertz CT molecular complexity index is 150. The van der Waals surface area contributed by atoms with Crippen LogP contribution in [0.5, 0.6) is 0 Å². The zero-order chi connectivity index (χ0) is 6.85. The number of ether oxygens (including phenoxy) is 1. The second-order valence-corrected chi connectivity index (χ2v) is 2.22. The van der Waals surface area contributed by atoms with Gasteiger partial charge in [0.2, 0.25) is 0 Å². The molecule has 1 saturated carbocycles. The standard InChI is InChI=1S/C5H5ClO3/c6-4(7)5(8)9-3-1-2-3/h3H,1-2H2. The molecule has 0 saturated heterocycles. The number of hydrogen-bond donors (Lipinski definition) is 0. The first-order chi connectivity index (χ1) is 4.20. The van der Waals surface area contributed by atoms with Crippen LogP contribution in [0.25, 0.3) is 0 Å². The minimum atomic E-state index is -1.04. The topological polar surface area (TPSA) is 43.4 Å². The number of carbonyl (C=O) groups is 2. The summed E-state index contributed by atoms with van der Waals surface area (Å²) in [5, 5.41) is -1.04. The van der Waals surface area contributed by atoms with E-state index in [1.54, 1.807) is 0 Å². The van der Waals surface area contributed by atoms with Gasteiger partial charge in [0.25, 0.3) is 0 Å². The van der Waals surface area contributed by atoms with Gasteiger partial charge in [-0.2, -0.15) is 0 Å². The highest BCUT2D eigenvalue weighted by molar-refractivity contribution is 6.80. The number of hydrogen-bond acceptors (Lipinski definition) is 3. The molecule has 4 heteroatoms. The maximum absolute atomic E-state index is 10.3. The van der Waals surface area contributed by atoms with Crippen LogP contribution in [0.4, 0.5) is 0 Å². The lowest BCUT2D eigenvalue weighted by Crippen LogP contribution is -2.12. The van der Waals surface area contributed by atoms with Gasteiger partial charge < -0.3 is 4.74 Å². The third kappa shape index (κ3) is 2.01. The minimum Gasteiger partial charge on any atom is -0.456 e.